The maximum absolute atomic E-state index is 12.0. The van der Waals surface area contributed by atoms with E-state index in [0.29, 0.717) is 21.4 Å². The maximum Gasteiger partial charge on any atom is 0.316 e. The Balaban J connectivity index is 1.38. The molecule has 0 saturated carbocycles. The molecule has 2 N–H and O–H groups in total. The lowest BCUT2D eigenvalue weighted by Crippen LogP contribution is -2.36. The molecule has 0 spiro atoms. The average molecular weight is 435 g/mol. The van der Waals surface area contributed by atoms with Gasteiger partial charge in [-0.1, -0.05) is 28.4 Å². The van der Waals surface area contributed by atoms with Gasteiger partial charge in [-0.3, -0.25) is 9.59 Å². The lowest BCUT2D eigenvalue weighted by atomic mass is 10.2. The highest BCUT2D eigenvalue weighted by Gasteiger charge is 2.15. The topological polar surface area (TPSA) is 106 Å². The molecule has 29 heavy (non-hydrogen) atoms. The van der Waals surface area contributed by atoms with Gasteiger partial charge in [0.25, 0.3) is 5.91 Å². The summed E-state index contributed by atoms with van der Waals surface area (Å²) < 4.78 is 10.3. The Morgan fingerprint density at radius 1 is 0.931 bits per heavy atom. The van der Waals surface area contributed by atoms with Crippen molar-refractivity contribution in [2.75, 3.05) is 19.7 Å². The molecule has 2 aromatic carbocycles. The number of carbonyl (C=O) groups excluding carboxylic acids is 2. The van der Waals surface area contributed by atoms with Crippen molar-refractivity contribution in [3.05, 3.63) is 64.5 Å². The molecule has 0 bridgehead atoms. The fraction of sp³-hybridized carbons (Fsp3) is 0.158. The first-order chi connectivity index (χ1) is 14.0. The summed E-state index contributed by atoms with van der Waals surface area (Å²) in [5.74, 6) is -0.223. The van der Waals surface area contributed by atoms with Gasteiger partial charge in [0.2, 0.25) is 5.82 Å². The van der Waals surface area contributed by atoms with Gasteiger partial charge in [0.05, 0.1) is 0 Å². The van der Waals surface area contributed by atoms with Crippen LogP contribution in [0.1, 0.15) is 10.7 Å². The summed E-state index contributed by atoms with van der Waals surface area (Å²) in [6.45, 7) is 0.251. The number of hydrogen-bond acceptors (Lipinski definition) is 6. The van der Waals surface area contributed by atoms with Crippen LogP contribution in [0.5, 0.6) is 5.75 Å². The summed E-state index contributed by atoms with van der Waals surface area (Å²) in [5, 5.41) is 10.1. The van der Waals surface area contributed by atoms with Crippen LogP contribution in [0.15, 0.2) is 53.1 Å². The quantitative estimate of drug-likeness (QED) is 0.527. The van der Waals surface area contributed by atoms with Gasteiger partial charge >= 0.3 is 11.8 Å². The van der Waals surface area contributed by atoms with Crippen LogP contribution in [-0.2, 0) is 4.79 Å². The monoisotopic (exact) mass is 434 g/mol. The van der Waals surface area contributed by atoms with E-state index in [1.54, 1.807) is 48.5 Å². The molecule has 0 saturated heterocycles. The van der Waals surface area contributed by atoms with Gasteiger partial charge in [-0.25, -0.2) is 0 Å². The predicted octanol–water partition coefficient (Wildman–Crippen LogP) is 2.97. The number of nitrogens with one attached hydrogen (secondary N) is 2. The van der Waals surface area contributed by atoms with Crippen LogP contribution in [-0.4, -0.2) is 41.7 Å². The Bertz CT molecular complexity index is 975. The molecular formula is C19H16Cl2N4O4. The minimum absolute atomic E-state index is 0.149. The summed E-state index contributed by atoms with van der Waals surface area (Å²) >= 11 is 11.6. The summed E-state index contributed by atoms with van der Waals surface area (Å²) in [7, 11) is 0. The van der Waals surface area contributed by atoms with E-state index in [0.717, 1.165) is 0 Å². The van der Waals surface area contributed by atoms with E-state index in [1.165, 1.54) is 0 Å². The van der Waals surface area contributed by atoms with Gasteiger partial charge < -0.3 is 19.9 Å². The van der Waals surface area contributed by atoms with Crippen LogP contribution >= 0.6 is 23.2 Å². The van der Waals surface area contributed by atoms with Gasteiger partial charge in [0.15, 0.2) is 6.61 Å². The third-order valence-corrected chi connectivity index (χ3v) is 4.14. The number of halogens is 2. The molecule has 0 aliphatic heterocycles. The number of hydrogen-bond donors (Lipinski definition) is 2. The highest BCUT2D eigenvalue weighted by atomic mass is 35.5. The van der Waals surface area contributed by atoms with E-state index in [4.69, 9.17) is 32.5 Å². The van der Waals surface area contributed by atoms with Crippen LogP contribution in [0.4, 0.5) is 0 Å². The summed E-state index contributed by atoms with van der Waals surface area (Å²) in [6.07, 6.45) is 0. The molecule has 1 aromatic heterocycles. The molecule has 0 fully saturated rings. The van der Waals surface area contributed by atoms with Crippen molar-refractivity contribution < 1.29 is 18.8 Å². The van der Waals surface area contributed by atoms with E-state index in [2.05, 4.69) is 20.8 Å². The molecule has 150 valence electrons. The molecule has 0 aliphatic carbocycles. The highest BCUT2D eigenvalue weighted by molar-refractivity contribution is 6.30. The van der Waals surface area contributed by atoms with E-state index in [9.17, 15) is 9.59 Å². The Morgan fingerprint density at radius 2 is 1.55 bits per heavy atom. The second kappa shape index (κ2) is 9.90. The first kappa shape index (κ1) is 20.6. The molecule has 0 unspecified atom stereocenters. The Morgan fingerprint density at radius 3 is 2.24 bits per heavy atom. The summed E-state index contributed by atoms with van der Waals surface area (Å²) in [5.41, 5.74) is 0.671. The van der Waals surface area contributed by atoms with Crippen LogP contribution in [0, 0.1) is 0 Å². The first-order valence-electron chi connectivity index (χ1n) is 8.54. The van der Waals surface area contributed by atoms with Crippen molar-refractivity contribution in [3.63, 3.8) is 0 Å². The van der Waals surface area contributed by atoms with E-state index in [1.807, 2.05) is 0 Å². The lowest BCUT2D eigenvalue weighted by molar-refractivity contribution is -0.123. The molecule has 3 aromatic rings. The SMILES string of the molecule is O=C(COc1ccc(Cl)cc1)NCCNC(=O)c1nc(-c2ccc(Cl)cc2)no1. The fourth-order valence-corrected chi connectivity index (χ4v) is 2.47. The van der Waals surface area contributed by atoms with Crippen molar-refractivity contribution in [2.45, 2.75) is 0 Å². The number of amides is 2. The van der Waals surface area contributed by atoms with E-state index >= 15 is 0 Å². The third-order valence-electron chi connectivity index (χ3n) is 3.64. The van der Waals surface area contributed by atoms with Gasteiger partial charge in [-0.15, -0.1) is 0 Å². The van der Waals surface area contributed by atoms with Gasteiger partial charge in [-0.05, 0) is 48.5 Å². The van der Waals surface area contributed by atoms with Crippen molar-refractivity contribution in [1.29, 1.82) is 0 Å². The average Bonchev–Trinajstić information content (AvgIpc) is 3.21. The molecule has 3 rings (SSSR count). The highest BCUT2D eigenvalue weighted by Crippen LogP contribution is 2.18. The number of benzene rings is 2. The molecule has 8 nitrogen and oxygen atoms in total. The van der Waals surface area contributed by atoms with Crippen LogP contribution < -0.4 is 15.4 Å². The number of rotatable bonds is 8. The molecule has 1 heterocycles. The second-order valence-corrected chi connectivity index (χ2v) is 6.65. The number of ether oxygens (including phenoxy) is 1. The molecule has 0 radical (unpaired) electrons. The predicted molar refractivity (Wildman–Crippen MR) is 107 cm³/mol. The van der Waals surface area contributed by atoms with E-state index < -0.39 is 5.91 Å². The van der Waals surface area contributed by atoms with Crippen molar-refractivity contribution >= 4 is 35.0 Å². The Kier molecular flexibility index (Phi) is 7.04. The number of aromatic nitrogens is 2. The first-order valence-corrected chi connectivity index (χ1v) is 9.30. The fourth-order valence-electron chi connectivity index (χ4n) is 2.22. The zero-order chi connectivity index (χ0) is 20.6. The molecule has 0 aliphatic rings. The summed E-state index contributed by atoms with van der Waals surface area (Å²) in [4.78, 5) is 27.9. The smallest absolute Gasteiger partial charge is 0.316 e. The lowest BCUT2D eigenvalue weighted by Gasteiger charge is -2.07. The Hall–Kier alpha value is -3.10. The van der Waals surface area contributed by atoms with Gasteiger partial charge in [0.1, 0.15) is 5.75 Å². The molecule has 2 amide bonds. The third kappa shape index (κ3) is 6.20. The second-order valence-electron chi connectivity index (χ2n) is 5.78. The maximum atomic E-state index is 12.0. The van der Waals surface area contributed by atoms with Crippen molar-refractivity contribution in [2.24, 2.45) is 0 Å². The molecular weight excluding hydrogens is 419 g/mol. The minimum atomic E-state index is -0.538. The van der Waals surface area contributed by atoms with Crippen LogP contribution in [0.2, 0.25) is 10.0 Å². The number of nitrogens with zero attached hydrogens (tertiary/aromatic N) is 2. The van der Waals surface area contributed by atoms with Crippen molar-refractivity contribution in [3.8, 4) is 17.1 Å². The zero-order valence-corrected chi connectivity index (χ0v) is 16.5. The Labute approximate surface area is 176 Å². The van der Waals surface area contributed by atoms with Crippen LogP contribution in [0.3, 0.4) is 0 Å². The normalized spacial score (nSPS) is 10.4. The van der Waals surface area contributed by atoms with Crippen LogP contribution in [0.25, 0.3) is 11.4 Å². The zero-order valence-electron chi connectivity index (χ0n) is 15.0. The number of carbonyl (C=O) groups is 2. The minimum Gasteiger partial charge on any atom is -0.484 e. The molecule has 10 heteroatoms. The largest absolute Gasteiger partial charge is 0.484 e. The standard InChI is InChI=1S/C19H16Cl2N4O4/c20-13-3-1-12(2-4-13)17-24-19(29-25-17)18(27)23-10-9-22-16(26)11-28-15-7-5-14(21)6-8-15/h1-8H,9-11H2,(H,22,26)(H,23,27). The van der Waals surface area contributed by atoms with E-state index in [-0.39, 0.29) is 37.3 Å². The van der Waals surface area contributed by atoms with Gasteiger partial charge in [0, 0.05) is 28.7 Å². The molecule has 0 atom stereocenters. The summed E-state index contributed by atoms with van der Waals surface area (Å²) in [6, 6.07) is 13.5. The van der Waals surface area contributed by atoms with Crippen molar-refractivity contribution in [1.82, 2.24) is 20.8 Å². The van der Waals surface area contributed by atoms with Gasteiger partial charge in [-0.2, -0.15) is 4.98 Å².